The summed E-state index contributed by atoms with van der Waals surface area (Å²) in [6.07, 6.45) is -0.146. The molecule has 0 unspecified atom stereocenters. The quantitative estimate of drug-likeness (QED) is 0.498. The topological polar surface area (TPSA) is 98.5 Å². The van der Waals surface area contributed by atoms with Crippen molar-refractivity contribution in [2.45, 2.75) is 6.42 Å². The smallest absolute Gasteiger partial charge is 0.307 e. The molecule has 1 amide bonds. The van der Waals surface area contributed by atoms with E-state index in [1.165, 1.54) is 0 Å². The molecule has 0 heterocycles. The fraction of sp³-hybridized carbons (Fsp3) is 0.273. The van der Waals surface area contributed by atoms with E-state index in [9.17, 15) is 28.5 Å². The first-order valence-electron chi connectivity index (χ1n) is 5.35. The van der Waals surface area contributed by atoms with Crippen LogP contribution in [0.25, 0.3) is 0 Å². The number of amides is 1. The summed E-state index contributed by atoms with van der Waals surface area (Å²) >= 11 is 0. The van der Waals surface area contributed by atoms with Crippen LogP contribution in [0.2, 0.25) is 0 Å². The minimum absolute atomic E-state index is 0.143. The monoisotopic (exact) mass is 288 g/mol. The predicted molar refractivity (Wildman–Crippen MR) is 62.0 cm³/mol. The molecule has 0 aliphatic heterocycles. The van der Waals surface area contributed by atoms with Crippen LogP contribution in [-0.2, 0) is 9.53 Å². The van der Waals surface area contributed by atoms with Gasteiger partial charge in [-0.25, -0.2) is 4.39 Å². The number of methoxy groups -OCH3 is 1. The second kappa shape index (κ2) is 6.55. The number of halogens is 2. The number of ether oxygens (including phenoxy) is 1. The summed E-state index contributed by atoms with van der Waals surface area (Å²) in [5, 5.41) is 12.7. The number of nitrogens with one attached hydrogen (secondary N) is 1. The summed E-state index contributed by atoms with van der Waals surface area (Å²) in [6.45, 7) is -0.143. The fourth-order valence-electron chi connectivity index (χ4n) is 1.33. The van der Waals surface area contributed by atoms with E-state index in [-0.39, 0.29) is 19.0 Å². The van der Waals surface area contributed by atoms with Crippen molar-refractivity contribution in [3.05, 3.63) is 39.4 Å². The third kappa shape index (κ3) is 3.70. The number of hydrogen-bond donors (Lipinski definition) is 1. The Balaban J connectivity index is 2.85. The van der Waals surface area contributed by atoms with Crippen LogP contribution in [0.5, 0.6) is 0 Å². The number of carbonyl (C=O) groups excluding carboxylic acids is 2. The van der Waals surface area contributed by atoms with Gasteiger partial charge in [-0.15, -0.1) is 0 Å². The number of nitro benzene ring substituents is 1. The van der Waals surface area contributed by atoms with Gasteiger partial charge in [0.15, 0.2) is 0 Å². The van der Waals surface area contributed by atoms with Crippen molar-refractivity contribution >= 4 is 17.6 Å². The average molecular weight is 288 g/mol. The van der Waals surface area contributed by atoms with Crippen molar-refractivity contribution in [1.82, 2.24) is 5.32 Å². The Morgan fingerprint density at radius 2 is 2.00 bits per heavy atom. The zero-order valence-corrected chi connectivity index (χ0v) is 10.3. The number of esters is 1. The molecule has 0 aromatic heterocycles. The summed E-state index contributed by atoms with van der Waals surface area (Å²) in [5.41, 5.74) is -1.69. The van der Waals surface area contributed by atoms with Crippen LogP contribution in [0, 0.1) is 21.7 Å². The van der Waals surface area contributed by atoms with Gasteiger partial charge in [-0.1, -0.05) is 0 Å². The largest absolute Gasteiger partial charge is 0.469 e. The highest BCUT2D eigenvalue weighted by molar-refractivity contribution is 5.95. The van der Waals surface area contributed by atoms with Crippen molar-refractivity contribution in [3.8, 4) is 0 Å². The van der Waals surface area contributed by atoms with Crippen LogP contribution >= 0.6 is 0 Å². The fourth-order valence-corrected chi connectivity index (χ4v) is 1.33. The molecule has 1 N–H and O–H groups in total. The molecule has 20 heavy (non-hydrogen) atoms. The summed E-state index contributed by atoms with van der Waals surface area (Å²) < 4.78 is 30.8. The molecule has 0 fully saturated rings. The average Bonchev–Trinajstić information content (AvgIpc) is 2.37. The van der Waals surface area contributed by atoms with Gasteiger partial charge in [0.05, 0.1) is 24.0 Å². The van der Waals surface area contributed by atoms with Crippen LogP contribution in [0.15, 0.2) is 12.1 Å². The van der Waals surface area contributed by atoms with Crippen LogP contribution in [0.3, 0.4) is 0 Å². The number of hydrogen-bond acceptors (Lipinski definition) is 5. The Labute approximate surface area is 111 Å². The molecule has 7 nitrogen and oxygen atoms in total. The van der Waals surface area contributed by atoms with E-state index in [1.807, 2.05) is 0 Å². The van der Waals surface area contributed by atoms with Gasteiger partial charge in [-0.2, -0.15) is 4.39 Å². The number of nitrogens with zero attached hydrogens (tertiary/aromatic N) is 1. The lowest BCUT2D eigenvalue weighted by Gasteiger charge is -2.06. The van der Waals surface area contributed by atoms with Gasteiger partial charge in [-0.3, -0.25) is 19.7 Å². The summed E-state index contributed by atoms with van der Waals surface area (Å²) in [4.78, 5) is 31.8. The highest BCUT2D eigenvalue weighted by Gasteiger charge is 2.22. The maximum absolute atomic E-state index is 13.4. The maximum atomic E-state index is 13.4. The van der Waals surface area contributed by atoms with Gasteiger partial charge in [-0.05, 0) is 0 Å². The van der Waals surface area contributed by atoms with Gasteiger partial charge < -0.3 is 10.1 Å². The van der Waals surface area contributed by atoms with Gasteiger partial charge in [0.1, 0.15) is 5.82 Å². The molecule has 0 saturated carbocycles. The minimum atomic E-state index is -1.38. The van der Waals surface area contributed by atoms with Gasteiger partial charge in [0, 0.05) is 18.7 Å². The molecule has 0 bridgehead atoms. The highest BCUT2D eigenvalue weighted by atomic mass is 19.1. The van der Waals surface area contributed by atoms with Crippen molar-refractivity contribution in [1.29, 1.82) is 0 Å². The van der Waals surface area contributed by atoms with E-state index in [0.717, 1.165) is 7.11 Å². The van der Waals surface area contributed by atoms with E-state index in [1.54, 1.807) is 0 Å². The molecule has 0 saturated heterocycles. The van der Waals surface area contributed by atoms with E-state index < -0.39 is 39.7 Å². The third-order valence-corrected chi connectivity index (χ3v) is 2.32. The standard InChI is InChI=1S/C11H10F2N2O5/c1-20-10(16)2-3-14-11(17)6-4-9(15(18)19)8(13)5-7(6)12/h4-5H,2-3H2,1H3,(H,14,17). The zero-order chi connectivity index (χ0) is 15.3. The molecule has 0 atom stereocenters. The normalized spacial score (nSPS) is 9.95. The van der Waals surface area contributed by atoms with E-state index >= 15 is 0 Å². The summed E-state index contributed by atoms with van der Waals surface area (Å²) in [6, 6.07) is 0.755. The first-order valence-corrected chi connectivity index (χ1v) is 5.35. The minimum Gasteiger partial charge on any atom is -0.469 e. The number of carbonyl (C=O) groups is 2. The lowest BCUT2D eigenvalue weighted by molar-refractivity contribution is -0.387. The molecule has 9 heteroatoms. The Kier molecular flexibility index (Phi) is 5.07. The van der Waals surface area contributed by atoms with Crippen molar-refractivity contribution in [3.63, 3.8) is 0 Å². The molecule has 0 radical (unpaired) electrons. The number of benzene rings is 1. The summed E-state index contributed by atoms with van der Waals surface area (Å²) in [7, 11) is 1.16. The first kappa shape index (κ1) is 15.5. The lowest BCUT2D eigenvalue weighted by Crippen LogP contribution is -2.27. The Morgan fingerprint density at radius 1 is 1.35 bits per heavy atom. The zero-order valence-electron chi connectivity index (χ0n) is 10.3. The van der Waals surface area contributed by atoms with Crippen LogP contribution < -0.4 is 5.32 Å². The number of nitro groups is 1. The van der Waals surface area contributed by atoms with Gasteiger partial charge in [0.2, 0.25) is 5.82 Å². The number of rotatable bonds is 5. The Morgan fingerprint density at radius 3 is 2.55 bits per heavy atom. The molecule has 1 aromatic carbocycles. The van der Waals surface area contributed by atoms with E-state index in [0.29, 0.717) is 6.07 Å². The van der Waals surface area contributed by atoms with Crippen molar-refractivity contribution < 1.29 is 28.0 Å². The van der Waals surface area contributed by atoms with Gasteiger partial charge in [0.25, 0.3) is 5.91 Å². The van der Waals surface area contributed by atoms with Crippen molar-refractivity contribution in [2.24, 2.45) is 0 Å². The molecule has 0 aliphatic carbocycles. The molecular weight excluding hydrogens is 278 g/mol. The lowest BCUT2D eigenvalue weighted by atomic mass is 10.1. The third-order valence-electron chi connectivity index (χ3n) is 2.32. The highest BCUT2D eigenvalue weighted by Crippen LogP contribution is 2.21. The first-order chi connectivity index (χ1) is 9.36. The Hall–Kier alpha value is -2.58. The van der Waals surface area contributed by atoms with E-state index in [2.05, 4.69) is 10.1 Å². The van der Waals surface area contributed by atoms with Crippen LogP contribution in [-0.4, -0.2) is 30.5 Å². The van der Waals surface area contributed by atoms with Crippen LogP contribution in [0.4, 0.5) is 14.5 Å². The molecule has 0 spiro atoms. The summed E-state index contributed by atoms with van der Waals surface area (Å²) in [5.74, 6) is -4.19. The molecule has 1 aromatic rings. The van der Waals surface area contributed by atoms with Crippen LogP contribution in [0.1, 0.15) is 16.8 Å². The molecule has 108 valence electrons. The predicted octanol–water partition coefficient (Wildman–Crippen LogP) is 1.17. The Bertz CT molecular complexity index is 562. The molecular formula is C11H10F2N2O5. The second-order valence-corrected chi connectivity index (χ2v) is 3.62. The molecule has 0 aliphatic rings. The van der Waals surface area contributed by atoms with Crippen molar-refractivity contribution in [2.75, 3.05) is 13.7 Å². The maximum Gasteiger partial charge on any atom is 0.307 e. The second-order valence-electron chi connectivity index (χ2n) is 3.62. The van der Waals surface area contributed by atoms with Gasteiger partial charge >= 0.3 is 11.7 Å². The van der Waals surface area contributed by atoms with E-state index in [4.69, 9.17) is 0 Å². The SMILES string of the molecule is COC(=O)CCNC(=O)c1cc([N+](=O)[O-])c(F)cc1F. The molecule has 1 rings (SSSR count).